The first-order valence-electron chi connectivity index (χ1n) is 4.15. The van der Waals surface area contributed by atoms with Gasteiger partial charge in [0.15, 0.2) is 5.16 Å². The fraction of sp³-hybridized carbons (Fsp3) is 0.500. The minimum atomic E-state index is -0.293. The summed E-state index contributed by atoms with van der Waals surface area (Å²) in [6, 6.07) is 0. The molecule has 1 aliphatic heterocycles. The maximum absolute atomic E-state index is 11.3. The number of nitrogens with zero attached hydrogens (tertiary/aromatic N) is 2. The molecule has 0 saturated carbocycles. The van der Waals surface area contributed by atoms with Crippen LogP contribution in [0.3, 0.4) is 0 Å². The van der Waals surface area contributed by atoms with E-state index in [9.17, 15) is 4.79 Å². The highest BCUT2D eigenvalue weighted by Crippen LogP contribution is 2.40. The van der Waals surface area contributed by atoms with Gasteiger partial charge in [-0.3, -0.25) is 4.79 Å². The first-order chi connectivity index (χ1) is 6.41. The highest BCUT2D eigenvalue weighted by atomic mass is 79.9. The van der Waals surface area contributed by atoms with Crippen LogP contribution in [0.25, 0.3) is 0 Å². The van der Waals surface area contributed by atoms with E-state index in [1.165, 1.54) is 0 Å². The number of anilines is 1. The van der Waals surface area contributed by atoms with Crippen LogP contribution < -0.4 is 11.3 Å². The number of fused-ring (bicyclic) bond motifs is 1. The topological polar surface area (TPSA) is 60.9 Å². The number of hydrogen-bond donors (Lipinski definition) is 1. The maximum atomic E-state index is 11.3. The summed E-state index contributed by atoms with van der Waals surface area (Å²) in [4.78, 5) is 15.3. The van der Waals surface area contributed by atoms with Gasteiger partial charge >= 0.3 is 0 Å². The molecule has 0 fully saturated rings. The van der Waals surface area contributed by atoms with E-state index in [-0.39, 0.29) is 10.3 Å². The molecule has 0 aromatic carbocycles. The summed E-state index contributed by atoms with van der Waals surface area (Å²) in [5, 5.41) is 0.709. The Hall–Kier alpha value is -0.490. The molecule has 14 heavy (non-hydrogen) atoms. The molecule has 1 aromatic heterocycles. The van der Waals surface area contributed by atoms with Gasteiger partial charge in [-0.15, -0.1) is 0 Å². The minimum Gasteiger partial charge on any atom is -0.384 e. The van der Waals surface area contributed by atoms with Crippen molar-refractivity contribution in [1.29, 1.82) is 0 Å². The molecule has 1 aliphatic rings. The van der Waals surface area contributed by atoms with E-state index in [1.54, 1.807) is 11.8 Å². The summed E-state index contributed by atoms with van der Waals surface area (Å²) in [6.45, 7) is 4.99. The van der Waals surface area contributed by atoms with Crippen LogP contribution in [0.1, 0.15) is 13.8 Å². The smallest absolute Gasteiger partial charge is 0.290 e. The van der Waals surface area contributed by atoms with Crippen molar-refractivity contribution in [3.05, 3.63) is 14.8 Å². The van der Waals surface area contributed by atoms with Gasteiger partial charge in [-0.2, -0.15) is 4.98 Å². The second kappa shape index (κ2) is 3.00. The Morgan fingerprint density at radius 1 is 1.64 bits per heavy atom. The van der Waals surface area contributed by atoms with Crippen LogP contribution >= 0.6 is 27.7 Å². The summed E-state index contributed by atoms with van der Waals surface area (Å²) in [7, 11) is 0. The molecule has 2 rings (SSSR count). The van der Waals surface area contributed by atoms with Gasteiger partial charge in [-0.1, -0.05) is 11.8 Å². The molecule has 4 nitrogen and oxygen atoms in total. The van der Waals surface area contributed by atoms with E-state index in [4.69, 9.17) is 5.73 Å². The maximum Gasteiger partial charge on any atom is 0.290 e. The Kier molecular flexibility index (Phi) is 2.15. The Morgan fingerprint density at radius 2 is 2.29 bits per heavy atom. The van der Waals surface area contributed by atoms with Crippen LogP contribution in [0.4, 0.5) is 5.82 Å². The van der Waals surface area contributed by atoms with E-state index >= 15 is 0 Å². The monoisotopic (exact) mass is 275 g/mol. The quantitative estimate of drug-likeness (QED) is 0.729. The molecular formula is C8H10BrN3OS. The molecule has 0 atom stereocenters. The van der Waals surface area contributed by atoms with E-state index < -0.39 is 0 Å². The van der Waals surface area contributed by atoms with Crippen LogP contribution in [0.2, 0.25) is 0 Å². The van der Waals surface area contributed by atoms with Crippen molar-refractivity contribution in [2.45, 2.75) is 30.3 Å². The molecule has 0 amide bonds. The fourth-order valence-corrected chi connectivity index (χ4v) is 2.81. The number of aromatic nitrogens is 2. The third-order valence-electron chi connectivity index (χ3n) is 2.04. The Balaban J connectivity index is 2.65. The largest absolute Gasteiger partial charge is 0.384 e. The lowest BCUT2D eigenvalue weighted by atomic mass is 10.2. The Morgan fingerprint density at radius 3 is 2.93 bits per heavy atom. The molecule has 2 heterocycles. The summed E-state index contributed by atoms with van der Waals surface area (Å²) in [6.07, 6.45) is 0. The lowest BCUT2D eigenvalue weighted by molar-refractivity contribution is 0.560. The van der Waals surface area contributed by atoms with Gasteiger partial charge in [0, 0.05) is 11.3 Å². The Labute approximate surface area is 94.0 Å². The van der Waals surface area contributed by atoms with Crippen LogP contribution in [-0.2, 0) is 6.54 Å². The van der Waals surface area contributed by atoms with Crippen molar-refractivity contribution in [1.82, 2.24) is 9.55 Å². The number of thioether (sulfide) groups is 1. The SMILES string of the molecule is CC1(C)Cn2c(nc(=O)c(Br)c2N)S1. The van der Waals surface area contributed by atoms with Crippen LogP contribution in [0.5, 0.6) is 0 Å². The number of hydrogen-bond acceptors (Lipinski definition) is 4. The van der Waals surface area contributed by atoms with Crippen LogP contribution in [-0.4, -0.2) is 14.3 Å². The van der Waals surface area contributed by atoms with Crippen molar-refractivity contribution in [2.75, 3.05) is 5.73 Å². The molecule has 0 spiro atoms. The van der Waals surface area contributed by atoms with Gasteiger partial charge in [0.1, 0.15) is 10.3 Å². The summed E-state index contributed by atoms with van der Waals surface area (Å²) in [5.74, 6) is 0.470. The molecule has 6 heteroatoms. The second-order valence-electron chi connectivity index (χ2n) is 3.85. The van der Waals surface area contributed by atoms with Crippen molar-refractivity contribution in [3.8, 4) is 0 Å². The predicted octanol–water partition coefficient (Wildman–Crippen LogP) is 1.47. The lowest BCUT2D eigenvalue weighted by Gasteiger charge is -2.13. The van der Waals surface area contributed by atoms with Gasteiger partial charge < -0.3 is 10.3 Å². The van der Waals surface area contributed by atoms with Gasteiger partial charge in [0.25, 0.3) is 5.56 Å². The standard InChI is InChI=1S/C8H10BrN3OS/c1-8(2)3-12-5(10)4(9)6(13)11-7(12)14-8/h3,10H2,1-2H3. The van der Waals surface area contributed by atoms with Gasteiger partial charge in [-0.25, -0.2) is 0 Å². The third kappa shape index (κ3) is 1.46. The fourth-order valence-electron chi connectivity index (χ4n) is 1.42. The van der Waals surface area contributed by atoms with Gasteiger partial charge in [0.2, 0.25) is 0 Å². The molecule has 0 aliphatic carbocycles. The van der Waals surface area contributed by atoms with Gasteiger partial charge in [0.05, 0.1) is 0 Å². The zero-order chi connectivity index (χ0) is 10.5. The molecule has 1 aromatic rings. The van der Waals surface area contributed by atoms with Crippen molar-refractivity contribution in [3.63, 3.8) is 0 Å². The first kappa shape index (κ1) is 10.0. The Bertz CT molecular complexity index is 455. The predicted molar refractivity (Wildman–Crippen MR) is 60.5 cm³/mol. The molecule has 2 N–H and O–H groups in total. The van der Waals surface area contributed by atoms with Crippen molar-refractivity contribution in [2.24, 2.45) is 0 Å². The highest BCUT2D eigenvalue weighted by molar-refractivity contribution is 9.10. The van der Waals surface area contributed by atoms with E-state index in [0.29, 0.717) is 15.4 Å². The summed E-state index contributed by atoms with van der Waals surface area (Å²) >= 11 is 4.72. The van der Waals surface area contributed by atoms with E-state index in [2.05, 4.69) is 34.8 Å². The van der Waals surface area contributed by atoms with Crippen molar-refractivity contribution >= 4 is 33.5 Å². The lowest BCUT2D eigenvalue weighted by Crippen LogP contribution is -2.20. The molecule has 76 valence electrons. The summed E-state index contributed by atoms with van der Waals surface area (Å²) < 4.78 is 2.29. The van der Waals surface area contributed by atoms with E-state index in [1.807, 2.05) is 4.57 Å². The molecule has 0 saturated heterocycles. The summed E-state index contributed by atoms with van der Waals surface area (Å²) in [5.41, 5.74) is 5.53. The normalized spacial score (nSPS) is 18.2. The second-order valence-corrected chi connectivity index (χ2v) is 6.31. The molecule has 0 radical (unpaired) electrons. The zero-order valence-electron chi connectivity index (χ0n) is 7.87. The van der Waals surface area contributed by atoms with Crippen LogP contribution in [0.15, 0.2) is 14.4 Å². The number of nitrogen functional groups attached to an aromatic ring is 1. The highest BCUT2D eigenvalue weighted by Gasteiger charge is 2.32. The first-order valence-corrected chi connectivity index (χ1v) is 5.76. The van der Waals surface area contributed by atoms with E-state index in [0.717, 1.165) is 6.54 Å². The molecule has 0 bridgehead atoms. The average molecular weight is 276 g/mol. The molecule has 0 unspecified atom stereocenters. The number of rotatable bonds is 0. The molecular weight excluding hydrogens is 266 g/mol. The van der Waals surface area contributed by atoms with Crippen molar-refractivity contribution < 1.29 is 0 Å². The third-order valence-corrected chi connectivity index (χ3v) is 3.96. The number of halogens is 1. The number of nitrogens with two attached hydrogens (primary N) is 1. The average Bonchev–Trinajstić information content (AvgIpc) is 2.37. The zero-order valence-corrected chi connectivity index (χ0v) is 10.3. The van der Waals surface area contributed by atoms with Gasteiger partial charge in [-0.05, 0) is 29.8 Å². The minimum absolute atomic E-state index is 0.0569. The van der Waals surface area contributed by atoms with Crippen LogP contribution in [0, 0.1) is 0 Å².